The number of hydrogen-bond acceptors (Lipinski definition) is 6. The number of halogens is 4. The second-order valence-corrected chi connectivity index (χ2v) is 7.28. The summed E-state index contributed by atoms with van der Waals surface area (Å²) in [5, 5.41) is 23.0. The van der Waals surface area contributed by atoms with Crippen molar-refractivity contribution in [1.29, 1.82) is 5.26 Å². The Morgan fingerprint density at radius 3 is 2.48 bits per heavy atom. The molecule has 8 nitrogen and oxygen atoms in total. The molecule has 0 radical (unpaired) electrons. The highest BCUT2D eigenvalue weighted by Gasteiger charge is 2.33. The Labute approximate surface area is 186 Å². The molecule has 0 aromatic heterocycles. The summed E-state index contributed by atoms with van der Waals surface area (Å²) in [6, 6.07) is 8.35. The van der Waals surface area contributed by atoms with E-state index in [1.165, 1.54) is 12.1 Å². The van der Waals surface area contributed by atoms with Crippen molar-refractivity contribution in [1.82, 2.24) is 4.90 Å². The molecule has 2 aromatic rings. The number of carbonyl (C=O) groups is 1. The van der Waals surface area contributed by atoms with E-state index in [1.54, 1.807) is 11.0 Å². The zero-order chi connectivity index (χ0) is 24.2. The van der Waals surface area contributed by atoms with Crippen LogP contribution in [0.15, 0.2) is 36.4 Å². The van der Waals surface area contributed by atoms with Gasteiger partial charge in [0.1, 0.15) is 23.1 Å². The molecule has 0 bridgehead atoms. The van der Waals surface area contributed by atoms with Gasteiger partial charge in [0.05, 0.1) is 16.2 Å². The molecular weight excluding hydrogens is 446 g/mol. The molecule has 0 saturated carbocycles. The van der Waals surface area contributed by atoms with Crippen LogP contribution in [-0.4, -0.2) is 48.5 Å². The number of carbonyl (C=O) groups excluding carboxylic acids is 1. The summed E-state index contributed by atoms with van der Waals surface area (Å²) in [5.41, 5.74) is -1.57. The average Bonchev–Trinajstić information content (AvgIpc) is 2.78. The van der Waals surface area contributed by atoms with Crippen molar-refractivity contribution < 1.29 is 27.3 Å². The third kappa shape index (κ3) is 5.49. The molecule has 2 aromatic carbocycles. The Bertz CT molecular complexity index is 1090. The minimum Gasteiger partial charge on any atom is -0.379 e. The van der Waals surface area contributed by atoms with Gasteiger partial charge in [0.2, 0.25) is 5.91 Å². The molecule has 0 aliphatic carbocycles. The SMILES string of the molecule is N#Cc1c(F)cccc1N1CCN(C(=O)CCNc2ccc(C(F)(F)F)cc2[N+](=O)[O-])CC1. The number of nitriles is 1. The van der Waals surface area contributed by atoms with E-state index in [1.807, 2.05) is 11.0 Å². The largest absolute Gasteiger partial charge is 0.416 e. The minimum atomic E-state index is -4.71. The van der Waals surface area contributed by atoms with Gasteiger partial charge in [-0.2, -0.15) is 18.4 Å². The summed E-state index contributed by atoms with van der Waals surface area (Å²) in [6.07, 6.45) is -4.73. The van der Waals surface area contributed by atoms with Gasteiger partial charge in [-0.1, -0.05) is 6.07 Å². The molecule has 1 heterocycles. The second kappa shape index (κ2) is 9.72. The molecule has 12 heteroatoms. The molecule has 0 atom stereocenters. The summed E-state index contributed by atoms with van der Waals surface area (Å²) in [7, 11) is 0. The van der Waals surface area contributed by atoms with Crippen LogP contribution in [0.4, 0.5) is 34.6 Å². The van der Waals surface area contributed by atoms with Crippen LogP contribution in [0, 0.1) is 27.3 Å². The van der Waals surface area contributed by atoms with Gasteiger partial charge in [0, 0.05) is 45.2 Å². The van der Waals surface area contributed by atoms with Gasteiger partial charge >= 0.3 is 6.18 Å². The lowest BCUT2D eigenvalue weighted by Crippen LogP contribution is -2.49. The Morgan fingerprint density at radius 2 is 1.88 bits per heavy atom. The van der Waals surface area contributed by atoms with Crippen molar-refractivity contribution in [2.75, 3.05) is 42.9 Å². The van der Waals surface area contributed by atoms with E-state index >= 15 is 0 Å². The summed E-state index contributed by atoms with van der Waals surface area (Å²) in [4.78, 5) is 26.1. The van der Waals surface area contributed by atoms with E-state index in [-0.39, 0.29) is 30.1 Å². The fourth-order valence-corrected chi connectivity index (χ4v) is 3.55. The van der Waals surface area contributed by atoms with Crippen LogP contribution in [0.2, 0.25) is 0 Å². The summed E-state index contributed by atoms with van der Waals surface area (Å²) >= 11 is 0. The van der Waals surface area contributed by atoms with Crippen molar-refractivity contribution in [3.05, 3.63) is 63.5 Å². The predicted molar refractivity (Wildman–Crippen MR) is 111 cm³/mol. The zero-order valence-corrected chi connectivity index (χ0v) is 17.2. The molecule has 0 unspecified atom stereocenters. The third-order valence-corrected chi connectivity index (χ3v) is 5.25. The lowest BCUT2D eigenvalue weighted by Gasteiger charge is -2.36. The van der Waals surface area contributed by atoms with Gasteiger partial charge in [0.25, 0.3) is 5.69 Å². The number of rotatable bonds is 6. The van der Waals surface area contributed by atoms with Crippen molar-refractivity contribution >= 4 is 23.0 Å². The third-order valence-electron chi connectivity index (χ3n) is 5.25. The Morgan fingerprint density at radius 1 is 1.18 bits per heavy atom. The Kier molecular flexibility index (Phi) is 7.01. The highest BCUT2D eigenvalue weighted by Crippen LogP contribution is 2.35. The molecule has 1 aliphatic heterocycles. The van der Waals surface area contributed by atoms with Crippen molar-refractivity contribution in [3.8, 4) is 6.07 Å². The van der Waals surface area contributed by atoms with E-state index in [0.717, 1.165) is 12.1 Å². The standard InChI is InChI=1S/C21H19F4N5O3/c22-16-2-1-3-18(15(16)13-26)28-8-10-29(11-9-28)20(31)6-7-27-17-5-4-14(21(23,24)25)12-19(17)30(32)33/h1-5,12,27H,6-11H2. The number of piperazine rings is 1. The number of alkyl halides is 3. The Balaban J connectivity index is 1.55. The number of nitrogens with one attached hydrogen (secondary N) is 1. The first-order valence-corrected chi connectivity index (χ1v) is 9.92. The molecule has 0 spiro atoms. The number of hydrogen-bond donors (Lipinski definition) is 1. The van der Waals surface area contributed by atoms with Gasteiger partial charge < -0.3 is 15.1 Å². The molecule has 1 saturated heterocycles. The number of anilines is 2. The molecule has 1 aliphatic rings. The number of benzene rings is 2. The van der Waals surface area contributed by atoms with E-state index in [2.05, 4.69) is 5.32 Å². The minimum absolute atomic E-state index is 0.00622. The highest BCUT2D eigenvalue weighted by molar-refractivity contribution is 5.77. The summed E-state index contributed by atoms with van der Waals surface area (Å²) < 4.78 is 52.2. The molecule has 33 heavy (non-hydrogen) atoms. The first-order valence-electron chi connectivity index (χ1n) is 9.92. The maximum absolute atomic E-state index is 13.8. The topological polar surface area (TPSA) is 103 Å². The smallest absolute Gasteiger partial charge is 0.379 e. The monoisotopic (exact) mass is 465 g/mol. The fraction of sp³-hybridized carbons (Fsp3) is 0.333. The lowest BCUT2D eigenvalue weighted by molar-refractivity contribution is -0.384. The molecule has 1 amide bonds. The summed E-state index contributed by atoms with van der Waals surface area (Å²) in [5.74, 6) is -0.853. The van der Waals surface area contributed by atoms with Crippen LogP contribution in [0.25, 0.3) is 0 Å². The zero-order valence-electron chi connectivity index (χ0n) is 17.2. The number of nitrogens with zero attached hydrogens (tertiary/aromatic N) is 4. The number of nitro benzene ring substituents is 1. The van der Waals surface area contributed by atoms with Crippen LogP contribution in [0.1, 0.15) is 17.5 Å². The maximum Gasteiger partial charge on any atom is 0.416 e. The van der Waals surface area contributed by atoms with Crippen LogP contribution in [0.3, 0.4) is 0 Å². The van der Waals surface area contributed by atoms with Crippen molar-refractivity contribution in [2.45, 2.75) is 12.6 Å². The lowest BCUT2D eigenvalue weighted by atomic mass is 10.1. The van der Waals surface area contributed by atoms with Gasteiger partial charge in [-0.05, 0) is 24.3 Å². The van der Waals surface area contributed by atoms with E-state index in [9.17, 15) is 37.7 Å². The molecule has 3 rings (SSSR count). The second-order valence-electron chi connectivity index (χ2n) is 7.28. The molecule has 1 fully saturated rings. The quantitative estimate of drug-likeness (QED) is 0.396. The average molecular weight is 465 g/mol. The highest BCUT2D eigenvalue weighted by atomic mass is 19.4. The Hall–Kier alpha value is -3.88. The molecular formula is C21H19F4N5O3. The summed E-state index contributed by atoms with van der Waals surface area (Å²) in [6.45, 7) is 1.44. The fourth-order valence-electron chi connectivity index (χ4n) is 3.55. The van der Waals surface area contributed by atoms with Crippen molar-refractivity contribution in [3.63, 3.8) is 0 Å². The molecule has 174 valence electrons. The van der Waals surface area contributed by atoms with Crippen LogP contribution >= 0.6 is 0 Å². The van der Waals surface area contributed by atoms with Crippen molar-refractivity contribution in [2.24, 2.45) is 0 Å². The van der Waals surface area contributed by atoms with Gasteiger partial charge in [-0.3, -0.25) is 14.9 Å². The van der Waals surface area contributed by atoms with Crippen LogP contribution in [-0.2, 0) is 11.0 Å². The van der Waals surface area contributed by atoms with E-state index in [4.69, 9.17) is 0 Å². The van der Waals surface area contributed by atoms with Crippen LogP contribution in [0.5, 0.6) is 0 Å². The van der Waals surface area contributed by atoms with E-state index in [0.29, 0.717) is 37.9 Å². The first-order chi connectivity index (χ1) is 15.6. The number of nitro groups is 1. The molecule has 1 N–H and O–H groups in total. The van der Waals surface area contributed by atoms with Gasteiger partial charge in [0.15, 0.2) is 0 Å². The van der Waals surface area contributed by atoms with Gasteiger partial charge in [-0.25, -0.2) is 4.39 Å². The first kappa shape index (κ1) is 23.8. The normalized spacial score (nSPS) is 14.0. The van der Waals surface area contributed by atoms with Crippen LogP contribution < -0.4 is 10.2 Å². The maximum atomic E-state index is 13.8. The van der Waals surface area contributed by atoms with E-state index < -0.39 is 28.2 Å². The predicted octanol–water partition coefficient (Wildman–Crippen LogP) is 3.78. The van der Waals surface area contributed by atoms with Gasteiger partial charge in [-0.15, -0.1) is 0 Å². The number of amides is 1.